The van der Waals surface area contributed by atoms with Crippen molar-refractivity contribution in [3.05, 3.63) is 20.7 Å². The molecule has 148 valence electrons. The van der Waals surface area contributed by atoms with E-state index in [0.717, 1.165) is 33.1 Å². The van der Waals surface area contributed by atoms with Gasteiger partial charge in [0.2, 0.25) is 0 Å². The number of methoxy groups -OCH3 is 1. The lowest BCUT2D eigenvalue weighted by atomic mass is 10.2. The van der Waals surface area contributed by atoms with Crippen molar-refractivity contribution in [1.82, 2.24) is 19.4 Å². The maximum Gasteiger partial charge on any atom is 0.410 e. The lowest BCUT2D eigenvalue weighted by molar-refractivity contribution is 0.0213. The highest BCUT2D eigenvalue weighted by Gasteiger charge is 2.33. The number of ether oxygens (including phenoxy) is 2. The van der Waals surface area contributed by atoms with Crippen molar-refractivity contribution in [2.75, 3.05) is 13.7 Å². The van der Waals surface area contributed by atoms with Gasteiger partial charge in [0, 0.05) is 23.8 Å². The summed E-state index contributed by atoms with van der Waals surface area (Å²) in [6.07, 6.45) is 3.07. The Morgan fingerprint density at radius 2 is 2.15 bits per heavy atom. The van der Waals surface area contributed by atoms with E-state index in [1.165, 1.54) is 6.33 Å². The number of hydrogen-bond donors (Lipinski definition) is 0. The highest BCUT2D eigenvalue weighted by molar-refractivity contribution is 14.1. The number of fused-ring (bicyclic) bond motifs is 1. The number of carbonyl (C=O) groups excluding carboxylic acids is 1. The van der Waals surface area contributed by atoms with Gasteiger partial charge in [-0.15, -0.1) is 0 Å². The summed E-state index contributed by atoms with van der Waals surface area (Å²) in [4.78, 5) is 23.0. The van der Waals surface area contributed by atoms with Gasteiger partial charge in [0.1, 0.15) is 22.7 Å². The molecule has 2 aromatic heterocycles. The molecule has 0 radical (unpaired) electrons. The Kier molecular flexibility index (Phi) is 6.17. The standard InChI is InChI=1S/C18H24ClIN4O3/c1-18(2,3)27-17(25)23-7-5-6-11(23)8-24-12(9-26-4)14(20)13-15(19)21-10-22-16(13)24/h10-11H,5-9H2,1-4H3/t11-/m1/s1. The molecule has 7 nitrogen and oxygen atoms in total. The third kappa shape index (κ3) is 4.32. The molecule has 1 amide bonds. The topological polar surface area (TPSA) is 69.5 Å². The largest absolute Gasteiger partial charge is 0.444 e. The van der Waals surface area contributed by atoms with E-state index in [4.69, 9.17) is 21.1 Å². The molecule has 1 saturated heterocycles. The normalized spacial score (nSPS) is 17.7. The zero-order chi connectivity index (χ0) is 19.8. The van der Waals surface area contributed by atoms with Gasteiger partial charge in [0.25, 0.3) is 0 Å². The fourth-order valence-electron chi connectivity index (χ4n) is 3.41. The third-order valence-electron chi connectivity index (χ3n) is 4.51. The predicted octanol–water partition coefficient (Wildman–Crippen LogP) is 4.24. The first-order chi connectivity index (χ1) is 12.7. The number of amides is 1. The summed E-state index contributed by atoms with van der Waals surface area (Å²) in [5.74, 6) is 0. The van der Waals surface area contributed by atoms with Crippen LogP contribution in [0.3, 0.4) is 0 Å². The molecule has 3 rings (SSSR count). The van der Waals surface area contributed by atoms with E-state index in [9.17, 15) is 4.79 Å². The van der Waals surface area contributed by atoms with Gasteiger partial charge >= 0.3 is 6.09 Å². The summed E-state index contributed by atoms with van der Waals surface area (Å²) in [6, 6.07) is 0.0376. The van der Waals surface area contributed by atoms with Crippen LogP contribution in [0.25, 0.3) is 11.0 Å². The first kappa shape index (κ1) is 20.6. The minimum absolute atomic E-state index is 0.0376. The number of rotatable bonds is 4. The van der Waals surface area contributed by atoms with E-state index >= 15 is 0 Å². The second kappa shape index (κ2) is 8.08. The Labute approximate surface area is 177 Å². The Morgan fingerprint density at radius 3 is 2.81 bits per heavy atom. The Bertz CT molecular complexity index is 849. The predicted molar refractivity (Wildman–Crippen MR) is 112 cm³/mol. The fourth-order valence-corrected chi connectivity index (χ4v) is 4.74. The van der Waals surface area contributed by atoms with E-state index in [0.29, 0.717) is 24.8 Å². The summed E-state index contributed by atoms with van der Waals surface area (Å²) in [6.45, 7) is 7.40. The van der Waals surface area contributed by atoms with E-state index in [-0.39, 0.29) is 12.1 Å². The maximum absolute atomic E-state index is 12.6. The number of aromatic nitrogens is 3. The third-order valence-corrected chi connectivity index (χ3v) is 5.96. The molecular formula is C18H24ClIN4O3. The Balaban J connectivity index is 1.95. The SMILES string of the molecule is COCc1c(I)c2c(Cl)ncnc2n1C[C@H]1CCCN1C(=O)OC(C)(C)C. The van der Waals surface area contributed by atoms with Crippen LogP contribution in [0.15, 0.2) is 6.33 Å². The highest BCUT2D eigenvalue weighted by atomic mass is 127. The van der Waals surface area contributed by atoms with Crippen LogP contribution >= 0.6 is 34.2 Å². The molecule has 0 aliphatic carbocycles. The first-order valence-corrected chi connectivity index (χ1v) is 10.3. The average molecular weight is 507 g/mol. The van der Waals surface area contributed by atoms with Gasteiger partial charge in [-0.05, 0) is 56.2 Å². The van der Waals surface area contributed by atoms with Crippen LogP contribution in [0.4, 0.5) is 4.79 Å². The molecule has 1 aliphatic rings. The van der Waals surface area contributed by atoms with Crippen LogP contribution < -0.4 is 0 Å². The van der Waals surface area contributed by atoms with Gasteiger partial charge in [-0.2, -0.15) is 0 Å². The average Bonchev–Trinajstić information content (AvgIpc) is 3.13. The molecule has 0 N–H and O–H groups in total. The molecule has 9 heteroatoms. The van der Waals surface area contributed by atoms with Crippen molar-refractivity contribution in [3.63, 3.8) is 0 Å². The van der Waals surface area contributed by atoms with E-state index < -0.39 is 5.60 Å². The molecule has 1 aliphatic heterocycles. The number of nitrogens with zero attached hydrogens (tertiary/aromatic N) is 4. The monoisotopic (exact) mass is 506 g/mol. The number of likely N-dealkylation sites (tertiary alicyclic amines) is 1. The van der Waals surface area contributed by atoms with Crippen molar-refractivity contribution in [2.24, 2.45) is 0 Å². The van der Waals surface area contributed by atoms with Crippen LogP contribution in [-0.4, -0.2) is 50.8 Å². The summed E-state index contributed by atoms with van der Waals surface area (Å²) in [5.41, 5.74) is 1.25. The summed E-state index contributed by atoms with van der Waals surface area (Å²) < 4.78 is 14.1. The lowest BCUT2D eigenvalue weighted by Crippen LogP contribution is -2.41. The molecule has 0 bridgehead atoms. The smallest absolute Gasteiger partial charge is 0.410 e. The summed E-state index contributed by atoms with van der Waals surface area (Å²) >= 11 is 8.58. The zero-order valence-corrected chi connectivity index (χ0v) is 18.9. The molecule has 3 heterocycles. The lowest BCUT2D eigenvalue weighted by Gasteiger charge is -2.29. The zero-order valence-electron chi connectivity index (χ0n) is 16.0. The van der Waals surface area contributed by atoms with Gasteiger partial charge in [-0.25, -0.2) is 14.8 Å². The molecule has 2 aromatic rings. The molecule has 0 saturated carbocycles. The quantitative estimate of drug-likeness (QED) is 0.458. The summed E-state index contributed by atoms with van der Waals surface area (Å²) in [5, 5.41) is 1.25. The van der Waals surface area contributed by atoms with E-state index in [1.807, 2.05) is 25.7 Å². The van der Waals surface area contributed by atoms with Crippen LogP contribution in [0.5, 0.6) is 0 Å². The number of hydrogen-bond acceptors (Lipinski definition) is 5. The minimum atomic E-state index is -0.512. The van der Waals surface area contributed by atoms with Crippen molar-refractivity contribution in [3.8, 4) is 0 Å². The van der Waals surface area contributed by atoms with Gasteiger partial charge in [0.05, 0.1) is 23.7 Å². The molecular weight excluding hydrogens is 483 g/mol. The van der Waals surface area contributed by atoms with Crippen LogP contribution in [0.1, 0.15) is 39.3 Å². The molecule has 1 fully saturated rings. The Hall–Kier alpha value is -1.13. The second-order valence-electron chi connectivity index (χ2n) is 7.64. The van der Waals surface area contributed by atoms with Crippen LogP contribution in [0, 0.1) is 3.57 Å². The minimum Gasteiger partial charge on any atom is -0.444 e. The number of halogens is 2. The van der Waals surface area contributed by atoms with Gasteiger partial charge < -0.3 is 18.9 Å². The fraction of sp³-hybridized carbons (Fsp3) is 0.611. The Morgan fingerprint density at radius 1 is 1.41 bits per heavy atom. The molecule has 1 atom stereocenters. The summed E-state index contributed by atoms with van der Waals surface area (Å²) in [7, 11) is 1.66. The van der Waals surface area contributed by atoms with E-state index in [2.05, 4.69) is 37.1 Å². The van der Waals surface area contributed by atoms with Crippen molar-refractivity contribution < 1.29 is 14.3 Å². The maximum atomic E-state index is 12.6. The highest BCUT2D eigenvalue weighted by Crippen LogP contribution is 2.33. The second-order valence-corrected chi connectivity index (χ2v) is 9.07. The van der Waals surface area contributed by atoms with Crippen LogP contribution in [0.2, 0.25) is 5.15 Å². The number of carbonyl (C=O) groups is 1. The van der Waals surface area contributed by atoms with Crippen molar-refractivity contribution >= 4 is 51.3 Å². The van der Waals surface area contributed by atoms with Crippen LogP contribution in [-0.2, 0) is 22.6 Å². The van der Waals surface area contributed by atoms with Gasteiger partial charge in [-0.3, -0.25) is 0 Å². The molecule has 27 heavy (non-hydrogen) atoms. The molecule has 0 spiro atoms. The van der Waals surface area contributed by atoms with Gasteiger partial charge in [-0.1, -0.05) is 11.6 Å². The molecule has 0 unspecified atom stereocenters. The van der Waals surface area contributed by atoms with Crippen molar-refractivity contribution in [1.29, 1.82) is 0 Å². The van der Waals surface area contributed by atoms with Crippen molar-refractivity contribution in [2.45, 2.75) is 58.4 Å². The first-order valence-electron chi connectivity index (χ1n) is 8.88. The van der Waals surface area contributed by atoms with E-state index in [1.54, 1.807) is 7.11 Å². The molecule has 0 aromatic carbocycles. The van der Waals surface area contributed by atoms with Gasteiger partial charge in [0.15, 0.2) is 0 Å².